The van der Waals surface area contributed by atoms with E-state index in [1.165, 1.54) is 0 Å². The molecular formula is C14H18ClN5O. The highest BCUT2D eigenvalue weighted by Crippen LogP contribution is 2.31. The van der Waals surface area contributed by atoms with Crippen LogP contribution in [0.4, 0.5) is 11.8 Å². The molecule has 7 heteroatoms. The molecule has 0 amide bonds. The lowest BCUT2D eigenvalue weighted by molar-refractivity contribution is 0.122. The molecule has 1 aliphatic heterocycles. The van der Waals surface area contributed by atoms with Crippen molar-refractivity contribution in [1.82, 2.24) is 9.97 Å². The van der Waals surface area contributed by atoms with Gasteiger partial charge in [-0.05, 0) is 19.1 Å². The van der Waals surface area contributed by atoms with Crippen molar-refractivity contribution in [3.63, 3.8) is 0 Å². The predicted octanol–water partition coefficient (Wildman–Crippen LogP) is 1.84. The third-order valence-corrected chi connectivity index (χ3v) is 3.64. The molecule has 1 aromatic carbocycles. The minimum atomic E-state index is -0.223. The summed E-state index contributed by atoms with van der Waals surface area (Å²) in [6.45, 7) is 4.79. The molecule has 1 fully saturated rings. The molecule has 1 saturated heterocycles. The lowest BCUT2D eigenvalue weighted by Gasteiger charge is -2.29. The van der Waals surface area contributed by atoms with Crippen LogP contribution in [0.15, 0.2) is 18.2 Å². The number of hydrogen-bond donors (Lipinski definition) is 2. The average Bonchev–Trinajstić information content (AvgIpc) is 2.47. The second-order valence-electron chi connectivity index (χ2n) is 5.04. The Bertz CT molecular complexity index is 643. The molecule has 0 aliphatic carbocycles. The van der Waals surface area contributed by atoms with Gasteiger partial charge < -0.3 is 20.7 Å². The van der Waals surface area contributed by atoms with Gasteiger partial charge in [0.2, 0.25) is 5.95 Å². The summed E-state index contributed by atoms with van der Waals surface area (Å²) in [5.41, 5.74) is 6.58. The first-order chi connectivity index (χ1) is 10.1. The van der Waals surface area contributed by atoms with Gasteiger partial charge in [-0.15, -0.1) is 0 Å². The van der Waals surface area contributed by atoms with Crippen LogP contribution in [0.1, 0.15) is 6.92 Å². The number of anilines is 2. The van der Waals surface area contributed by atoms with Crippen molar-refractivity contribution in [3.8, 4) is 0 Å². The molecular weight excluding hydrogens is 290 g/mol. The number of halogens is 1. The van der Waals surface area contributed by atoms with Crippen molar-refractivity contribution in [2.24, 2.45) is 5.73 Å². The van der Waals surface area contributed by atoms with E-state index >= 15 is 0 Å². The number of morpholine rings is 1. The number of rotatable bonds is 3. The fraction of sp³-hybridized carbons (Fsp3) is 0.429. The van der Waals surface area contributed by atoms with E-state index in [1.807, 2.05) is 25.1 Å². The average molecular weight is 308 g/mol. The fourth-order valence-corrected chi connectivity index (χ4v) is 2.65. The number of nitrogens with two attached hydrogens (primary N) is 1. The van der Waals surface area contributed by atoms with Crippen molar-refractivity contribution in [1.29, 1.82) is 0 Å². The number of hydrogen-bond acceptors (Lipinski definition) is 6. The first-order valence-electron chi connectivity index (χ1n) is 6.96. The van der Waals surface area contributed by atoms with Crippen molar-refractivity contribution < 1.29 is 4.74 Å². The molecule has 1 unspecified atom stereocenters. The SMILES string of the molecule is CC(N)Nc1nc(N2CCOCC2)c2c(Cl)cccc2n1. The highest BCUT2D eigenvalue weighted by Gasteiger charge is 2.19. The van der Waals surface area contributed by atoms with Gasteiger partial charge in [0.25, 0.3) is 0 Å². The van der Waals surface area contributed by atoms with Crippen LogP contribution in [0.3, 0.4) is 0 Å². The summed E-state index contributed by atoms with van der Waals surface area (Å²) in [6.07, 6.45) is -0.223. The molecule has 21 heavy (non-hydrogen) atoms. The normalized spacial score (nSPS) is 17.0. The predicted molar refractivity (Wildman–Crippen MR) is 84.9 cm³/mol. The molecule has 1 atom stereocenters. The summed E-state index contributed by atoms with van der Waals surface area (Å²) in [5, 5.41) is 4.58. The molecule has 6 nitrogen and oxygen atoms in total. The first-order valence-corrected chi connectivity index (χ1v) is 7.34. The lowest BCUT2D eigenvalue weighted by atomic mass is 10.2. The highest BCUT2D eigenvalue weighted by atomic mass is 35.5. The van der Waals surface area contributed by atoms with Crippen LogP contribution in [-0.2, 0) is 4.74 Å². The molecule has 0 saturated carbocycles. The minimum absolute atomic E-state index is 0.223. The zero-order chi connectivity index (χ0) is 14.8. The zero-order valence-corrected chi connectivity index (χ0v) is 12.6. The van der Waals surface area contributed by atoms with Crippen LogP contribution < -0.4 is 16.0 Å². The van der Waals surface area contributed by atoms with E-state index < -0.39 is 0 Å². The van der Waals surface area contributed by atoms with E-state index in [0.29, 0.717) is 24.2 Å². The van der Waals surface area contributed by atoms with Crippen LogP contribution in [0.25, 0.3) is 10.9 Å². The number of aromatic nitrogens is 2. The number of benzene rings is 1. The topological polar surface area (TPSA) is 76.3 Å². The van der Waals surface area contributed by atoms with Gasteiger partial charge in [-0.1, -0.05) is 17.7 Å². The quantitative estimate of drug-likeness (QED) is 0.843. The highest BCUT2D eigenvalue weighted by molar-refractivity contribution is 6.36. The van der Waals surface area contributed by atoms with E-state index in [9.17, 15) is 0 Å². The van der Waals surface area contributed by atoms with E-state index in [4.69, 9.17) is 22.1 Å². The lowest BCUT2D eigenvalue weighted by Crippen LogP contribution is -2.37. The molecule has 3 rings (SSSR count). The number of nitrogens with one attached hydrogen (secondary N) is 1. The second-order valence-corrected chi connectivity index (χ2v) is 5.44. The summed E-state index contributed by atoms with van der Waals surface area (Å²) in [5.74, 6) is 1.35. The molecule has 3 N–H and O–H groups in total. The van der Waals surface area contributed by atoms with E-state index in [2.05, 4.69) is 20.2 Å². The van der Waals surface area contributed by atoms with Gasteiger partial charge in [0, 0.05) is 13.1 Å². The van der Waals surface area contributed by atoms with Crippen LogP contribution >= 0.6 is 11.6 Å². The Morgan fingerprint density at radius 3 is 2.81 bits per heavy atom. The molecule has 2 heterocycles. The van der Waals surface area contributed by atoms with Gasteiger partial charge in [0.15, 0.2) is 0 Å². The van der Waals surface area contributed by atoms with Gasteiger partial charge in [-0.3, -0.25) is 0 Å². The molecule has 0 bridgehead atoms. The van der Waals surface area contributed by atoms with Gasteiger partial charge >= 0.3 is 0 Å². The monoisotopic (exact) mass is 307 g/mol. The summed E-state index contributed by atoms with van der Waals surface area (Å²) in [6, 6.07) is 5.67. The van der Waals surface area contributed by atoms with E-state index in [0.717, 1.165) is 29.8 Å². The number of nitrogens with zero attached hydrogens (tertiary/aromatic N) is 3. The van der Waals surface area contributed by atoms with Gasteiger partial charge in [0.1, 0.15) is 5.82 Å². The molecule has 0 spiro atoms. The Morgan fingerprint density at radius 2 is 2.10 bits per heavy atom. The van der Waals surface area contributed by atoms with Crippen LogP contribution in [-0.4, -0.2) is 42.4 Å². The Morgan fingerprint density at radius 1 is 1.33 bits per heavy atom. The largest absolute Gasteiger partial charge is 0.378 e. The smallest absolute Gasteiger partial charge is 0.226 e. The van der Waals surface area contributed by atoms with Gasteiger partial charge in [-0.25, -0.2) is 4.98 Å². The van der Waals surface area contributed by atoms with Gasteiger partial charge in [-0.2, -0.15) is 4.98 Å². The maximum Gasteiger partial charge on any atom is 0.226 e. The van der Waals surface area contributed by atoms with Crippen molar-refractivity contribution in [3.05, 3.63) is 23.2 Å². The molecule has 1 aliphatic rings. The molecule has 112 valence electrons. The Balaban J connectivity index is 2.13. The summed E-state index contributed by atoms with van der Waals surface area (Å²) in [4.78, 5) is 11.3. The first kappa shape index (κ1) is 14.3. The Labute approximate surface area is 128 Å². The summed E-state index contributed by atoms with van der Waals surface area (Å²) in [7, 11) is 0. The Hall–Kier alpha value is -1.63. The standard InChI is InChI=1S/C14H18ClN5O/c1-9(16)17-14-18-11-4-2-3-10(15)12(11)13(19-14)20-5-7-21-8-6-20/h2-4,9H,5-8,16H2,1H3,(H,17,18,19). The molecule has 1 aromatic heterocycles. The maximum atomic E-state index is 6.36. The Kier molecular flexibility index (Phi) is 4.10. The van der Waals surface area contributed by atoms with E-state index in [-0.39, 0.29) is 6.17 Å². The minimum Gasteiger partial charge on any atom is -0.378 e. The van der Waals surface area contributed by atoms with Crippen LogP contribution in [0.2, 0.25) is 5.02 Å². The van der Waals surface area contributed by atoms with Gasteiger partial charge in [0.05, 0.1) is 35.3 Å². The third kappa shape index (κ3) is 3.02. The maximum absolute atomic E-state index is 6.36. The molecule has 0 radical (unpaired) electrons. The van der Waals surface area contributed by atoms with Crippen LogP contribution in [0, 0.1) is 0 Å². The van der Waals surface area contributed by atoms with Crippen molar-refractivity contribution in [2.75, 3.05) is 36.5 Å². The summed E-state index contributed by atoms with van der Waals surface area (Å²) >= 11 is 6.36. The fourth-order valence-electron chi connectivity index (χ4n) is 2.39. The van der Waals surface area contributed by atoms with Crippen LogP contribution in [0.5, 0.6) is 0 Å². The second kappa shape index (κ2) is 6.01. The number of ether oxygens (including phenoxy) is 1. The molecule has 2 aromatic rings. The van der Waals surface area contributed by atoms with Crippen molar-refractivity contribution in [2.45, 2.75) is 13.1 Å². The summed E-state index contributed by atoms with van der Waals surface area (Å²) < 4.78 is 5.40. The zero-order valence-electron chi connectivity index (χ0n) is 11.8. The van der Waals surface area contributed by atoms with E-state index in [1.54, 1.807) is 0 Å². The van der Waals surface area contributed by atoms with Crippen molar-refractivity contribution >= 4 is 34.3 Å². The third-order valence-electron chi connectivity index (χ3n) is 3.32. The number of fused-ring (bicyclic) bond motifs is 1.